The smallest absolute Gasteiger partial charge is 0.174 e. The van der Waals surface area contributed by atoms with E-state index in [2.05, 4.69) is 0 Å². The highest BCUT2D eigenvalue weighted by Gasteiger charge is 2.21. The monoisotopic (exact) mass is 424 g/mol. The van der Waals surface area contributed by atoms with Crippen molar-refractivity contribution in [3.8, 4) is 22.9 Å². The van der Waals surface area contributed by atoms with Crippen molar-refractivity contribution in [3.63, 3.8) is 0 Å². The third kappa shape index (κ3) is 4.63. The van der Waals surface area contributed by atoms with Gasteiger partial charge in [-0.05, 0) is 35.4 Å². The summed E-state index contributed by atoms with van der Waals surface area (Å²) in [5.74, 6) is -0.675. The van der Waals surface area contributed by atoms with Crippen molar-refractivity contribution in [1.29, 1.82) is 5.26 Å². The number of nitrogens with zero attached hydrogens (tertiary/aromatic N) is 1. The zero-order valence-electron chi connectivity index (χ0n) is 16.6. The van der Waals surface area contributed by atoms with Crippen LogP contribution in [0.3, 0.4) is 0 Å². The van der Waals surface area contributed by atoms with Crippen molar-refractivity contribution in [2.75, 3.05) is 26.9 Å². The summed E-state index contributed by atoms with van der Waals surface area (Å²) in [4.78, 5) is 0. The number of hydrogen-bond donors (Lipinski definition) is 1. The third-order valence-electron chi connectivity index (χ3n) is 4.87. The molecule has 0 amide bonds. The summed E-state index contributed by atoms with van der Waals surface area (Å²) in [7, 11) is 1.54. The van der Waals surface area contributed by atoms with E-state index in [1.807, 2.05) is 42.5 Å². The van der Waals surface area contributed by atoms with Crippen LogP contribution < -0.4 is 10.5 Å². The van der Waals surface area contributed by atoms with E-state index >= 15 is 4.39 Å². The Kier molecular flexibility index (Phi) is 7.42. The van der Waals surface area contributed by atoms with Gasteiger partial charge in [0.15, 0.2) is 11.6 Å². The lowest BCUT2D eigenvalue weighted by molar-refractivity contribution is 0.144. The van der Waals surface area contributed by atoms with E-state index in [1.54, 1.807) is 12.1 Å². The molecule has 0 aliphatic rings. The topological polar surface area (TPSA) is 68.3 Å². The van der Waals surface area contributed by atoms with Crippen LogP contribution in [-0.2, 0) is 4.74 Å². The Hall–Kier alpha value is -2.91. The lowest BCUT2D eigenvalue weighted by Crippen LogP contribution is -2.14. The van der Waals surface area contributed by atoms with Crippen LogP contribution in [0.15, 0.2) is 60.7 Å². The second-order valence-electron chi connectivity index (χ2n) is 6.69. The molecular formula is C24H22ClFN2O2. The van der Waals surface area contributed by atoms with Gasteiger partial charge in [0.25, 0.3) is 0 Å². The number of methoxy groups -OCH3 is 1. The number of ether oxygens (including phenoxy) is 2. The third-order valence-corrected chi connectivity index (χ3v) is 5.20. The van der Waals surface area contributed by atoms with Gasteiger partial charge in [0.1, 0.15) is 6.61 Å². The van der Waals surface area contributed by atoms with Crippen molar-refractivity contribution in [2.45, 2.75) is 5.92 Å². The van der Waals surface area contributed by atoms with E-state index < -0.39 is 5.82 Å². The first-order valence-corrected chi connectivity index (χ1v) is 9.87. The van der Waals surface area contributed by atoms with Gasteiger partial charge in [-0.2, -0.15) is 5.26 Å². The van der Waals surface area contributed by atoms with E-state index in [0.29, 0.717) is 23.7 Å². The minimum absolute atomic E-state index is 0.0425. The second kappa shape index (κ2) is 10.2. The zero-order chi connectivity index (χ0) is 21.5. The molecule has 3 rings (SSSR count). The SMILES string of the molecule is COCCOc1ccc(C#N)c(-c2cc(C(CN)c3ccccc3)ccc2Cl)c1F. The van der Waals surface area contributed by atoms with Crippen LogP contribution in [-0.4, -0.2) is 26.9 Å². The van der Waals surface area contributed by atoms with Gasteiger partial charge < -0.3 is 15.2 Å². The summed E-state index contributed by atoms with van der Waals surface area (Å²) < 4.78 is 25.8. The Labute approximate surface area is 180 Å². The first-order valence-electron chi connectivity index (χ1n) is 9.49. The van der Waals surface area contributed by atoms with Gasteiger partial charge in [-0.15, -0.1) is 0 Å². The summed E-state index contributed by atoms with van der Waals surface area (Å²) in [6, 6.07) is 20.2. The van der Waals surface area contributed by atoms with E-state index in [4.69, 9.17) is 26.8 Å². The minimum Gasteiger partial charge on any atom is -0.488 e. The van der Waals surface area contributed by atoms with Crippen molar-refractivity contribution in [2.24, 2.45) is 5.73 Å². The molecule has 0 radical (unpaired) electrons. The predicted octanol–water partition coefficient (Wildman–Crippen LogP) is 5.13. The van der Waals surface area contributed by atoms with Gasteiger partial charge in [-0.1, -0.05) is 48.0 Å². The lowest BCUT2D eigenvalue weighted by Gasteiger charge is -2.19. The molecule has 3 aromatic rings. The van der Waals surface area contributed by atoms with Crippen LogP contribution in [0.1, 0.15) is 22.6 Å². The van der Waals surface area contributed by atoms with Crippen molar-refractivity contribution in [1.82, 2.24) is 0 Å². The summed E-state index contributed by atoms with van der Waals surface area (Å²) in [6.07, 6.45) is 0. The number of nitriles is 1. The quantitative estimate of drug-likeness (QED) is 0.509. The fourth-order valence-corrected chi connectivity index (χ4v) is 3.57. The van der Waals surface area contributed by atoms with Gasteiger partial charge in [-0.3, -0.25) is 0 Å². The Morgan fingerprint density at radius 2 is 1.83 bits per heavy atom. The number of halogens is 2. The van der Waals surface area contributed by atoms with Crippen LogP contribution in [0, 0.1) is 17.1 Å². The van der Waals surface area contributed by atoms with Crippen molar-refractivity contribution >= 4 is 11.6 Å². The molecule has 154 valence electrons. The molecule has 0 saturated carbocycles. The van der Waals surface area contributed by atoms with Crippen LogP contribution >= 0.6 is 11.6 Å². The maximum atomic E-state index is 15.4. The van der Waals surface area contributed by atoms with E-state index in [-0.39, 0.29) is 29.4 Å². The van der Waals surface area contributed by atoms with Crippen molar-refractivity contribution < 1.29 is 13.9 Å². The second-order valence-corrected chi connectivity index (χ2v) is 7.10. The predicted molar refractivity (Wildman–Crippen MR) is 116 cm³/mol. The van der Waals surface area contributed by atoms with Crippen LogP contribution in [0.5, 0.6) is 5.75 Å². The molecule has 3 aromatic carbocycles. The van der Waals surface area contributed by atoms with Gasteiger partial charge in [0.2, 0.25) is 0 Å². The molecular weight excluding hydrogens is 403 g/mol. The largest absolute Gasteiger partial charge is 0.488 e. The van der Waals surface area contributed by atoms with Crippen LogP contribution in [0.4, 0.5) is 4.39 Å². The highest BCUT2D eigenvalue weighted by atomic mass is 35.5. The fourth-order valence-electron chi connectivity index (χ4n) is 3.36. The first-order chi connectivity index (χ1) is 14.6. The molecule has 0 aliphatic carbocycles. The van der Waals surface area contributed by atoms with Crippen LogP contribution in [0.2, 0.25) is 5.02 Å². The summed E-state index contributed by atoms with van der Waals surface area (Å²) >= 11 is 6.44. The molecule has 0 spiro atoms. The van der Waals surface area contributed by atoms with Gasteiger partial charge >= 0.3 is 0 Å². The molecule has 1 unspecified atom stereocenters. The molecule has 4 nitrogen and oxygen atoms in total. The van der Waals surface area contributed by atoms with Gasteiger partial charge in [0.05, 0.1) is 18.2 Å². The molecule has 0 aliphatic heterocycles. The van der Waals surface area contributed by atoms with E-state index in [9.17, 15) is 5.26 Å². The maximum absolute atomic E-state index is 15.4. The normalized spacial score (nSPS) is 11.7. The highest BCUT2D eigenvalue weighted by Crippen LogP contribution is 2.38. The minimum atomic E-state index is -0.631. The average molecular weight is 425 g/mol. The maximum Gasteiger partial charge on any atom is 0.174 e. The molecule has 0 aromatic heterocycles. The fraction of sp³-hybridized carbons (Fsp3) is 0.208. The Balaban J connectivity index is 2.10. The number of rotatable bonds is 8. The van der Waals surface area contributed by atoms with Crippen LogP contribution in [0.25, 0.3) is 11.1 Å². The summed E-state index contributed by atoms with van der Waals surface area (Å²) in [5.41, 5.74) is 8.70. The molecule has 6 heteroatoms. The van der Waals surface area contributed by atoms with Crippen molar-refractivity contribution in [3.05, 3.63) is 88.2 Å². The van der Waals surface area contributed by atoms with E-state index in [1.165, 1.54) is 19.2 Å². The number of nitrogens with two attached hydrogens (primary N) is 1. The molecule has 0 heterocycles. The lowest BCUT2D eigenvalue weighted by atomic mass is 9.88. The Morgan fingerprint density at radius 3 is 2.50 bits per heavy atom. The molecule has 1 atom stereocenters. The van der Waals surface area contributed by atoms with Gasteiger partial charge in [-0.25, -0.2) is 4.39 Å². The van der Waals surface area contributed by atoms with Gasteiger partial charge in [0, 0.05) is 35.7 Å². The summed E-state index contributed by atoms with van der Waals surface area (Å²) in [5, 5.41) is 9.90. The highest BCUT2D eigenvalue weighted by molar-refractivity contribution is 6.33. The average Bonchev–Trinajstić information content (AvgIpc) is 2.77. The Morgan fingerprint density at radius 1 is 1.07 bits per heavy atom. The summed E-state index contributed by atoms with van der Waals surface area (Å²) in [6.45, 7) is 0.884. The molecule has 0 saturated heterocycles. The molecule has 0 bridgehead atoms. The molecule has 2 N–H and O–H groups in total. The zero-order valence-corrected chi connectivity index (χ0v) is 17.3. The standard InChI is InChI=1S/C24H22ClFN2O2/c1-29-11-12-30-22-10-8-18(14-27)23(24(22)26)19-13-17(7-9-21(19)25)20(15-28)16-5-3-2-4-6-16/h2-10,13,20H,11-12,15,28H2,1H3. The Bertz CT molecular complexity index is 1050. The number of benzene rings is 3. The molecule has 30 heavy (non-hydrogen) atoms. The number of hydrogen-bond acceptors (Lipinski definition) is 4. The molecule has 0 fully saturated rings. The van der Waals surface area contributed by atoms with E-state index in [0.717, 1.165) is 11.1 Å². The first kappa shape index (κ1) is 21.8.